The molecule has 3 saturated carbocycles. The molecule has 4 aliphatic carbocycles. The van der Waals surface area contributed by atoms with Crippen LogP contribution in [0.5, 0.6) is 0 Å². The fourth-order valence-corrected chi connectivity index (χ4v) is 5.89. The van der Waals surface area contributed by atoms with Crippen LogP contribution in [0.25, 0.3) is 0 Å². The molecule has 4 aliphatic rings. The molecule has 0 radical (unpaired) electrons. The number of Topliss-reactive ketones (excluding diaryl/α,β-unsaturated/α-hetero) is 2. The van der Waals surface area contributed by atoms with Gasteiger partial charge in [-0.3, -0.25) is 14.4 Å². The Morgan fingerprint density at radius 3 is 2.48 bits per heavy atom. The summed E-state index contributed by atoms with van der Waals surface area (Å²) in [5, 5.41) is 0. The predicted molar refractivity (Wildman–Crippen MR) is 89.1 cm³/mol. The Balaban J connectivity index is 1.26. The molecule has 0 spiro atoms. The molecule has 1 aromatic carbocycles. The SMILES string of the molecule is O=C(CC1CC2C(=O)C1C1C3C=CC(C3=O)C21)OCc1ccccc1. The predicted octanol–water partition coefficient (Wildman–Crippen LogP) is 2.57. The van der Waals surface area contributed by atoms with E-state index in [2.05, 4.69) is 0 Å². The summed E-state index contributed by atoms with van der Waals surface area (Å²) in [7, 11) is 0. The van der Waals surface area contributed by atoms with Gasteiger partial charge in [-0.1, -0.05) is 42.5 Å². The molecular weight excluding hydrogens is 316 g/mol. The highest BCUT2D eigenvalue weighted by molar-refractivity contribution is 5.99. The number of ether oxygens (including phenoxy) is 1. The molecule has 1 aromatic rings. The van der Waals surface area contributed by atoms with E-state index in [9.17, 15) is 14.4 Å². The molecule has 0 N–H and O–H groups in total. The van der Waals surface area contributed by atoms with Crippen molar-refractivity contribution in [1.82, 2.24) is 0 Å². The maximum absolute atomic E-state index is 12.7. The van der Waals surface area contributed by atoms with Crippen molar-refractivity contribution < 1.29 is 19.1 Å². The third-order valence-electron chi connectivity index (χ3n) is 6.77. The summed E-state index contributed by atoms with van der Waals surface area (Å²) in [6, 6.07) is 9.60. The zero-order chi connectivity index (χ0) is 17.1. The van der Waals surface area contributed by atoms with E-state index in [1.54, 1.807) is 0 Å². The summed E-state index contributed by atoms with van der Waals surface area (Å²) in [6.07, 6.45) is 5.03. The Labute approximate surface area is 146 Å². The van der Waals surface area contributed by atoms with Crippen molar-refractivity contribution in [2.24, 2.45) is 41.4 Å². The topological polar surface area (TPSA) is 60.4 Å². The lowest BCUT2D eigenvalue weighted by atomic mass is 9.69. The number of ketones is 2. The highest BCUT2D eigenvalue weighted by atomic mass is 16.5. The van der Waals surface area contributed by atoms with Gasteiger partial charge in [0.2, 0.25) is 0 Å². The molecule has 4 bridgehead atoms. The van der Waals surface area contributed by atoms with Crippen LogP contribution < -0.4 is 0 Å². The maximum atomic E-state index is 12.7. The minimum Gasteiger partial charge on any atom is -0.461 e. The second-order valence-corrected chi connectivity index (χ2v) is 7.87. The van der Waals surface area contributed by atoms with Crippen molar-refractivity contribution in [2.75, 3.05) is 0 Å². The van der Waals surface area contributed by atoms with Gasteiger partial charge in [0.05, 0.1) is 0 Å². The van der Waals surface area contributed by atoms with Crippen LogP contribution in [0.2, 0.25) is 0 Å². The molecule has 0 saturated heterocycles. The molecule has 0 aromatic heterocycles. The second kappa shape index (κ2) is 5.38. The molecule has 4 nitrogen and oxygen atoms in total. The summed E-state index contributed by atoms with van der Waals surface area (Å²) < 4.78 is 5.40. The molecule has 25 heavy (non-hydrogen) atoms. The first-order valence-corrected chi connectivity index (χ1v) is 9.10. The quantitative estimate of drug-likeness (QED) is 0.482. The lowest BCUT2D eigenvalue weighted by Gasteiger charge is -2.33. The van der Waals surface area contributed by atoms with E-state index in [0.717, 1.165) is 12.0 Å². The number of carbonyl (C=O) groups excluding carboxylic acids is 3. The molecular formula is C21H20O4. The Morgan fingerprint density at radius 2 is 1.72 bits per heavy atom. The summed E-state index contributed by atoms with van der Waals surface area (Å²) in [6.45, 7) is 0.270. The standard InChI is InChI=1S/C21H20O4/c22-16(25-10-11-4-2-1-3-5-11)9-12-8-15-18-13-6-7-14(20(13)23)19(18)17(12)21(15)24/h1-7,12-15,17-19H,8-10H2. The van der Waals surface area contributed by atoms with Crippen molar-refractivity contribution in [1.29, 1.82) is 0 Å². The monoisotopic (exact) mass is 336 g/mol. The molecule has 0 heterocycles. The van der Waals surface area contributed by atoms with Gasteiger partial charge in [-0.2, -0.15) is 0 Å². The fraction of sp³-hybridized carbons (Fsp3) is 0.476. The van der Waals surface area contributed by atoms with Gasteiger partial charge in [-0.25, -0.2) is 0 Å². The maximum Gasteiger partial charge on any atom is 0.306 e. The van der Waals surface area contributed by atoms with Crippen molar-refractivity contribution in [3.63, 3.8) is 0 Å². The normalized spacial score (nSPS) is 39.9. The number of benzene rings is 1. The average Bonchev–Trinajstić information content (AvgIpc) is 3.31. The molecule has 0 aliphatic heterocycles. The van der Waals surface area contributed by atoms with Crippen LogP contribution in [0.4, 0.5) is 0 Å². The minimum atomic E-state index is -0.240. The number of carbonyl (C=O) groups is 3. The molecule has 128 valence electrons. The van der Waals surface area contributed by atoms with Crippen molar-refractivity contribution in [3.8, 4) is 0 Å². The van der Waals surface area contributed by atoms with Gasteiger partial charge in [0.15, 0.2) is 0 Å². The van der Waals surface area contributed by atoms with Crippen LogP contribution in [0.3, 0.4) is 0 Å². The van der Waals surface area contributed by atoms with Gasteiger partial charge in [0.1, 0.15) is 18.2 Å². The number of allylic oxidation sites excluding steroid dienone is 2. The van der Waals surface area contributed by atoms with Gasteiger partial charge in [0, 0.05) is 30.1 Å². The highest BCUT2D eigenvalue weighted by Gasteiger charge is 2.68. The zero-order valence-corrected chi connectivity index (χ0v) is 13.8. The summed E-state index contributed by atoms with van der Waals surface area (Å²) in [4.78, 5) is 37.3. The van der Waals surface area contributed by atoms with Crippen molar-refractivity contribution >= 4 is 17.5 Å². The first-order chi connectivity index (χ1) is 12.1. The summed E-state index contributed by atoms with van der Waals surface area (Å²) in [5.74, 6) is 0.466. The van der Waals surface area contributed by atoms with Crippen molar-refractivity contribution in [3.05, 3.63) is 48.0 Å². The smallest absolute Gasteiger partial charge is 0.306 e. The van der Waals surface area contributed by atoms with Crippen LogP contribution >= 0.6 is 0 Å². The first-order valence-electron chi connectivity index (χ1n) is 9.10. The number of hydrogen-bond donors (Lipinski definition) is 0. The molecule has 7 unspecified atom stereocenters. The third-order valence-corrected chi connectivity index (χ3v) is 6.77. The van der Waals surface area contributed by atoms with E-state index in [4.69, 9.17) is 4.74 Å². The van der Waals surface area contributed by atoms with E-state index in [1.807, 2.05) is 42.5 Å². The van der Waals surface area contributed by atoms with Crippen molar-refractivity contribution in [2.45, 2.75) is 19.4 Å². The lowest BCUT2D eigenvalue weighted by Crippen LogP contribution is -2.32. The Kier molecular flexibility index (Phi) is 3.24. The van der Waals surface area contributed by atoms with Crippen LogP contribution in [-0.4, -0.2) is 17.5 Å². The van der Waals surface area contributed by atoms with Gasteiger partial charge < -0.3 is 4.74 Å². The van der Waals surface area contributed by atoms with E-state index in [1.165, 1.54) is 0 Å². The number of hydrogen-bond acceptors (Lipinski definition) is 4. The Bertz CT molecular complexity index is 780. The summed E-state index contributed by atoms with van der Waals surface area (Å²) in [5.41, 5.74) is 0.962. The number of esters is 1. The van der Waals surface area contributed by atoms with Crippen LogP contribution in [0, 0.1) is 41.4 Å². The molecule has 4 heteroatoms. The highest BCUT2D eigenvalue weighted by Crippen LogP contribution is 2.64. The summed E-state index contributed by atoms with van der Waals surface area (Å²) >= 11 is 0. The van der Waals surface area contributed by atoms with E-state index in [0.29, 0.717) is 11.6 Å². The van der Waals surface area contributed by atoms with Gasteiger partial charge >= 0.3 is 5.97 Å². The van der Waals surface area contributed by atoms with Crippen LogP contribution in [-0.2, 0) is 25.7 Å². The molecule has 0 amide bonds. The van der Waals surface area contributed by atoms with E-state index < -0.39 is 0 Å². The first kappa shape index (κ1) is 15.1. The van der Waals surface area contributed by atoms with Crippen LogP contribution in [0.1, 0.15) is 18.4 Å². The second-order valence-electron chi connectivity index (χ2n) is 7.87. The van der Waals surface area contributed by atoms with E-state index in [-0.39, 0.29) is 60.4 Å². The molecule has 5 rings (SSSR count). The zero-order valence-electron chi connectivity index (χ0n) is 13.8. The Hall–Kier alpha value is -2.23. The minimum absolute atomic E-state index is 0.0224. The molecule has 3 fully saturated rings. The third kappa shape index (κ3) is 2.09. The van der Waals surface area contributed by atoms with Gasteiger partial charge in [0.25, 0.3) is 0 Å². The van der Waals surface area contributed by atoms with E-state index >= 15 is 0 Å². The van der Waals surface area contributed by atoms with Crippen LogP contribution in [0.15, 0.2) is 42.5 Å². The molecule has 7 atom stereocenters. The number of rotatable bonds is 4. The lowest BCUT2D eigenvalue weighted by molar-refractivity contribution is -0.146. The van der Waals surface area contributed by atoms with Gasteiger partial charge in [-0.05, 0) is 29.7 Å². The fourth-order valence-electron chi connectivity index (χ4n) is 5.89. The number of fused-ring (bicyclic) bond motifs is 9. The van der Waals surface area contributed by atoms with Gasteiger partial charge in [-0.15, -0.1) is 0 Å². The Morgan fingerprint density at radius 1 is 1.00 bits per heavy atom. The largest absolute Gasteiger partial charge is 0.461 e. The average molecular weight is 336 g/mol.